The number of aryl methyl sites for hydroxylation is 1. The number of benzene rings is 1. The zero-order valence-corrected chi connectivity index (χ0v) is 23.8. The van der Waals surface area contributed by atoms with Gasteiger partial charge in [0.05, 0.1) is 68.9 Å². The minimum absolute atomic E-state index is 0.0474. The number of amides is 2. The van der Waals surface area contributed by atoms with E-state index in [1.54, 1.807) is 24.0 Å². The van der Waals surface area contributed by atoms with E-state index in [0.717, 1.165) is 0 Å². The molecule has 3 N–H and O–H groups in total. The maximum atomic E-state index is 13.7. The molecule has 0 unspecified atom stereocenters. The fraction of sp³-hybridized carbons (Fsp3) is 0.481. The van der Waals surface area contributed by atoms with Crippen LogP contribution in [0.2, 0.25) is 0 Å². The molecule has 1 aromatic heterocycles. The lowest BCUT2D eigenvalue weighted by molar-refractivity contribution is -0.110. The predicted molar refractivity (Wildman–Crippen MR) is 149 cm³/mol. The Morgan fingerprint density at radius 1 is 0.950 bits per heavy atom. The van der Waals surface area contributed by atoms with Crippen LogP contribution in [0.15, 0.2) is 23.1 Å². The first-order valence-electron chi connectivity index (χ1n) is 13.1. The summed E-state index contributed by atoms with van der Waals surface area (Å²) in [7, 11) is -2.37. The number of aromatic amines is 1. The predicted octanol–water partition coefficient (Wildman–Crippen LogP) is 1.55. The van der Waals surface area contributed by atoms with Crippen LogP contribution < -0.4 is 10.0 Å². The van der Waals surface area contributed by atoms with E-state index in [-0.39, 0.29) is 16.7 Å². The van der Waals surface area contributed by atoms with Gasteiger partial charge in [0.15, 0.2) is 0 Å². The van der Waals surface area contributed by atoms with Crippen molar-refractivity contribution in [3.05, 3.63) is 46.3 Å². The lowest BCUT2D eigenvalue weighted by atomic mass is 10.0. The zero-order chi connectivity index (χ0) is 28.7. The number of sulfonamides is 1. The summed E-state index contributed by atoms with van der Waals surface area (Å²) >= 11 is 0. The first-order valence-corrected chi connectivity index (χ1v) is 14.6. The van der Waals surface area contributed by atoms with Crippen LogP contribution >= 0.6 is 0 Å². The number of nitrogens with zero attached hydrogens (tertiary/aromatic N) is 1. The average molecular weight is 577 g/mol. The maximum absolute atomic E-state index is 13.7. The number of H-pyrrole nitrogens is 1. The second-order valence-corrected chi connectivity index (χ2v) is 11.2. The molecular formula is C27H36N4O8S. The molecule has 4 rings (SSSR count). The summed E-state index contributed by atoms with van der Waals surface area (Å²) in [5, 5.41) is 2.77. The zero-order valence-electron chi connectivity index (χ0n) is 23.0. The molecule has 12 nitrogen and oxygen atoms in total. The normalized spacial score (nSPS) is 19.1. The lowest BCUT2D eigenvalue weighted by Crippen LogP contribution is -2.37. The third kappa shape index (κ3) is 6.97. The van der Waals surface area contributed by atoms with E-state index in [0.29, 0.717) is 105 Å². The quantitative estimate of drug-likeness (QED) is 0.465. The highest BCUT2D eigenvalue weighted by molar-refractivity contribution is 7.89. The minimum Gasteiger partial charge on any atom is -0.377 e. The number of ether oxygens (including phenoxy) is 4. The van der Waals surface area contributed by atoms with Crippen LogP contribution in [0, 0.1) is 13.8 Å². The van der Waals surface area contributed by atoms with Gasteiger partial charge in [-0.15, -0.1) is 0 Å². The van der Waals surface area contributed by atoms with Crippen molar-refractivity contribution < 1.29 is 37.0 Å². The fourth-order valence-corrected chi connectivity index (χ4v) is 5.32. The van der Waals surface area contributed by atoms with Crippen molar-refractivity contribution in [2.45, 2.75) is 18.7 Å². The van der Waals surface area contributed by atoms with Crippen molar-refractivity contribution in [2.75, 3.05) is 78.3 Å². The smallest absolute Gasteiger partial charge is 0.256 e. The third-order valence-corrected chi connectivity index (χ3v) is 8.16. The van der Waals surface area contributed by atoms with Gasteiger partial charge in [0.25, 0.3) is 11.8 Å². The van der Waals surface area contributed by atoms with E-state index < -0.39 is 10.0 Å². The first-order chi connectivity index (χ1) is 19.2. The maximum Gasteiger partial charge on any atom is 0.256 e. The van der Waals surface area contributed by atoms with Crippen molar-refractivity contribution in [3.63, 3.8) is 0 Å². The second kappa shape index (κ2) is 13.5. The molecule has 1 aromatic carbocycles. The number of rotatable bonds is 4. The molecule has 13 heteroatoms. The summed E-state index contributed by atoms with van der Waals surface area (Å²) in [6, 6.07) is 4.45. The fourth-order valence-electron chi connectivity index (χ4n) is 4.56. The molecular weight excluding hydrogens is 540 g/mol. The molecule has 0 bridgehead atoms. The molecule has 2 aliphatic heterocycles. The Kier molecular flexibility index (Phi) is 10.1. The standard InChI is InChI=1S/C27H36N4O8S/c1-18-24(17-22-21-16-20(40(34,35)28-3)4-5-23(21)30-26(22)32)29-19(2)25(18)27(33)31-6-8-36-10-12-38-14-15-39-13-11-37-9-7-31/h4-5,16-17,28-29H,6-15H2,1-3H3,(H,30,32)/b22-17-. The molecule has 0 aliphatic carbocycles. The van der Waals surface area contributed by atoms with Crippen molar-refractivity contribution in [1.29, 1.82) is 0 Å². The summed E-state index contributed by atoms with van der Waals surface area (Å²) in [4.78, 5) is 31.5. The summed E-state index contributed by atoms with van der Waals surface area (Å²) in [5.41, 5.74) is 3.69. The van der Waals surface area contributed by atoms with Gasteiger partial charge in [0, 0.05) is 35.7 Å². The van der Waals surface area contributed by atoms with Gasteiger partial charge in [-0.3, -0.25) is 9.59 Å². The van der Waals surface area contributed by atoms with Gasteiger partial charge in [-0.2, -0.15) is 0 Å². The molecule has 3 heterocycles. The number of hydrogen-bond donors (Lipinski definition) is 3. The largest absolute Gasteiger partial charge is 0.377 e. The third-order valence-electron chi connectivity index (χ3n) is 6.75. The number of carbonyl (C=O) groups excluding carboxylic acids is 2. The van der Waals surface area contributed by atoms with Crippen molar-refractivity contribution in [1.82, 2.24) is 14.6 Å². The molecule has 2 aliphatic rings. The van der Waals surface area contributed by atoms with Crippen LogP contribution in [0.1, 0.15) is 32.9 Å². The molecule has 0 spiro atoms. The van der Waals surface area contributed by atoms with Crippen LogP contribution in [-0.2, 0) is 33.8 Å². The van der Waals surface area contributed by atoms with Crippen LogP contribution in [0.25, 0.3) is 11.6 Å². The molecule has 40 heavy (non-hydrogen) atoms. The Labute approximate surface area is 234 Å². The Balaban J connectivity index is 1.58. The highest BCUT2D eigenvalue weighted by Crippen LogP contribution is 2.35. The highest BCUT2D eigenvalue weighted by atomic mass is 32.2. The number of hydrogen-bond acceptors (Lipinski definition) is 8. The Morgan fingerprint density at radius 2 is 1.52 bits per heavy atom. The Morgan fingerprint density at radius 3 is 2.10 bits per heavy atom. The van der Waals surface area contributed by atoms with Crippen LogP contribution in [0.5, 0.6) is 0 Å². The molecule has 218 valence electrons. The topological polar surface area (TPSA) is 148 Å². The van der Waals surface area contributed by atoms with Crippen molar-refractivity contribution in [3.8, 4) is 0 Å². The summed E-state index contributed by atoms with van der Waals surface area (Å²) in [5.74, 6) is -0.542. The average Bonchev–Trinajstić information content (AvgIpc) is 3.39. The first kappa shape index (κ1) is 29.9. The van der Waals surface area contributed by atoms with Gasteiger partial charge in [-0.1, -0.05) is 0 Å². The summed E-state index contributed by atoms with van der Waals surface area (Å²) in [6.45, 7) is 7.76. The van der Waals surface area contributed by atoms with E-state index >= 15 is 0 Å². The number of aromatic nitrogens is 1. The van der Waals surface area contributed by atoms with E-state index in [4.69, 9.17) is 18.9 Å². The van der Waals surface area contributed by atoms with E-state index in [9.17, 15) is 18.0 Å². The van der Waals surface area contributed by atoms with Crippen LogP contribution in [0.3, 0.4) is 0 Å². The molecule has 2 amide bonds. The second-order valence-electron chi connectivity index (χ2n) is 9.33. The molecule has 0 radical (unpaired) electrons. The Hall–Kier alpha value is -3.07. The van der Waals surface area contributed by atoms with Crippen LogP contribution in [0.4, 0.5) is 5.69 Å². The van der Waals surface area contributed by atoms with Gasteiger partial charge in [-0.25, -0.2) is 13.1 Å². The van der Waals surface area contributed by atoms with Crippen molar-refractivity contribution >= 4 is 39.2 Å². The van der Waals surface area contributed by atoms with Gasteiger partial charge in [-0.05, 0) is 50.7 Å². The van der Waals surface area contributed by atoms with E-state index in [1.807, 2.05) is 6.92 Å². The molecule has 0 atom stereocenters. The SMILES string of the molecule is CNS(=O)(=O)c1ccc2c(c1)/C(=C/c1[nH]c(C)c(C(=O)N3CCOCCOCCOCCOCC3)c1C)C(=O)N2. The van der Waals surface area contributed by atoms with Gasteiger partial charge in [0.1, 0.15) is 0 Å². The highest BCUT2D eigenvalue weighted by Gasteiger charge is 2.28. The molecule has 1 saturated heterocycles. The molecule has 1 fully saturated rings. The number of anilines is 1. The van der Waals surface area contributed by atoms with Gasteiger partial charge in [0.2, 0.25) is 10.0 Å². The van der Waals surface area contributed by atoms with Crippen molar-refractivity contribution in [2.24, 2.45) is 0 Å². The van der Waals surface area contributed by atoms with Gasteiger partial charge >= 0.3 is 0 Å². The van der Waals surface area contributed by atoms with E-state index in [1.165, 1.54) is 19.2 Å². The lowest BCUT2D eigenvalue weighted by Gasteiger charge is -2.23. The van der Waals surface area contributed by atoms with Gasteiger partial charge < -0.3 is 34.1 Å². The van der Waals surface area contributed by atoms with Crippen LogP contribution in [-0.4, -0.2) is 103 Å². The number of carbonyl (C=O) groups is 2. The number of fused-ring (bicyclic) bond motifs is 1. The summed E-state index contributed by atoms with van der Waals surface area (Å²) < 4.78 is 49.2. The minimum atomic E-state index is -3.70. The monoisotopic (exact) mass is 576 g/mol. The molecule has 0 saturated carbocycles. The molecule has 2 aromatic rings. The Bertz CT molecular complexity index is 1350. The number of nitrogens with one attached hydrogen (secondary N) is 3. The van der Waals surface area contributed by atoms with E-state index in [2.05, 4.69) is 15.0 Å². The summed E-state index contributed by atoms with van der Waals surface area (Å²) in [6.07, 6.45) is 1.65.